The minimum atomic E-state index is -0.0223. The Morgan fingerprint density at radius 2 is 0.742 bits per heavy atom. The van der Waals surface area contributed by atoms with E-state index >= 15 is 0 Å². The van der Waals surface area contributed by atoms with Crippen LogP contribution in [0.1, 0.15) is 149 Å². The molecule has 0 spiro atoms. The van der Waals surface area contributed by atoms with Crippen LogP contribution in [0.15, 0.2) is 12.4 Å². The molecule has 0 aliphatic carbocycles. The van der Waals surface area contributed by atoms with Crippen molar-refractivity contribution in [3.8, 4) is 0 Å². The van der Waals surface area contributed by atoms with E-state index in [4.69, 9.17) is 0 Å². The number of halogens is 1. The molecular formula is C28H55BrN2. The molecule has 0 fully saturated rings. The Kier molecular flexibility index (Phi) is 18.0. The zero-order valence-corrected chi connectivity index (χ0v) is 23.1. The zero-order chi connectivity index (χ0) is 22.6. The maximum Gasteiger partial charge on any atom is 0.166 e. The third-order valence-electron chi connectivity index (χ3n) is 6.98. The normalized spacial score (nSPS) is 15.4. The van der Waals surface area contributed by atoms with E-state index in [-0.39, 0.29) is 4.57 Å². The Bertz CT molecular complexity index is 385. The van der Waals surface area contributed by atoms with Gasteiger partial charge in [0.05, 0.1) is 0 Å². The highest BCUT2D eigenvalue weighted by Crippen LogP contribution is 2.34. The first-order valence-corrected chi connectivity index (χ1v) is 14.8. The maximum atomic E-state index is 4.01. The number of hydrogen-bond acceptors (Lipinski definition) is 2. The molecule has 1 rings (SSSR count). The topological polar surface area (TPSA) is 6.48 Å². The summed E-state index contributed by atoms with van der Waals surface area (Å²) in [6, 6.07) is 0. The van der Waals surface area contributed by atoms with Gasteiger partial charge in [0, 0.05) is 25.5 Å². The molecule has 31 heavy (non-hydrogen) atoms. The van der Waals surface area contributed by atoms with Gasteiger partial charge in [-0.05, 0) is 35.7 Å². The van der Waals surface area contributed by atoms with Crippen LogP contribution in [0.3, 0.4) is 0 Å². The van der Waals surface area contributed by atoms with E-state index < -0.39 is 0 Å². The molecule has 1 heterocycles. The van der Waals surface area contributed by atoms with E-state index in [1.165, 1.54) is 142 Å². The maximum absolute atomic E-state index is 4.01. The van der Waals surface area contributed by atoms with Crippen LogP contribution in [0.25, 0.3) is 0 Å². The lowest BCUT2D eigenvalue weighted by Gasteiger charge is -2.38. The molecule has 0 atom stereocenters. The minimum Gasteiger partial charge on any atom is -0.345 e. The Hall–Kier alpha value is -0.180. The highest BCUT2D eigenvalue weighted by atomic mass is 79.9. The van der Waals surface area contributed by atoms with Crippen molar-refractivity contribution in [3.63, 3.8) is 0 Å². The number of rotatable bonds is 22. The fraction of sp³-hybridized carbons (Fsp3) is 0.929. The molecule has 0 N–H and O–H groups in total. The van der Waals surface area contributed by atoms with Crippen LogP contribution < -0.4 is 0 Å². The average molecular weight is 500 g/mol. The number of hydrogen-bond donors (Lipinski definition) is 0. The predicted molar refractivity (Wildman–Crippen MR) is 144 cm³/mol. The van der Waals surface area contributed by atoms with Crippen molar-refractivity contribution >= 4 is 15.9 Å². The summed E-state index contributed by atoms with van der Waals surface area (Å²) in [6.45, 7) is 9.25. The SMILES string of the molecule is CCCCCCCCCCCCN1C=CN(CCCCCCCCCCCC)C1(C)Br. The van der Waals surface area contributed by atoms with Gasteiger partial charge >= 0.3 is 0 Å². The summed E-state index contributed by atoms with van der Waals surface area (Å²) in [7, 11) is 0. The molecule has 184 valence electrons. The monoisotopic (exact) mass is 498 g/mol. The quantitative estimate of drug-likeness (QED) is 0.0830. The van der Waals surface area contributed by atoms with Gasteiger partial charge in [0.1, 0.15) is 0 Å². The van der Waals surface area contributed by atoms with Crippen LogP contribution in [0.2, 0.25) is 0 Å². The van der Waals surface area contributed by atoms with Gasteiger partial charge in [0.15, 0.2) is 4.57 Å². The van der Waals surface area contributed by atoms with Crippen molar-refractivity contribution in [2.75, 3.05) is 13.1 Å². The molecule has 0 bridgehead atoms. The second kappa shape index (κ2) is 19.3. The predicted octanol–water partition coefficient (Wildman–Crippen LogP) is 9.99. The smallest absolute Gasteiger partial charge is 0.166 e. The Labute approximate surface area is 204 Å². The second-order valence-electron chi connectivity index (χ2n) is 9.95. The molecule has 0 aromatic heterocycles. The van der Waals surface area contributed by atoms with Crippen molar-refractivity contribution in [1.29, 1.82) is 0 Å². The summed E-state index contributed by atoms with van der Waals surface area (Å²) in [5, 5.41) is 0. The lowest BCUT2D eigenvalue weighted by molar-refractivity contribution is 0.139. The van der Waals surface area contributed by atoms with Crippen molar-refractivity contribution in [2.45, 2.75) is 154 Å². The molecule has 0 aromatic rings. The van der Waals surface area contributed by atoms with E-state index in [9.17, 15) is 0 Å². The molecule has 1 aliphatic heterocycles. The van der Waals surface area contributed by atoms with Crippen LogP contribution in [-0.4, -0.2) is 27.5 Å². The van der Waals surface area contributed by atoms with Gasteiger partial charge in [-0.15, -0.1) is 0 Å². The van der Waals surface area contributed by atoms with Crippen molar-refractivity contribution in [3.05, 3.63) is 12.4 Å². The molecule has 0 saturated carbocycles. The minimum absolute atomic E-state index is 0.0223. The van der Waals surface area contributed by atoms with E-state index in [2.05, 4.69) is 58.9 Å². The van der Waals surface area contributed by atoms with Gasteiger partial charge in [-0.3, -0.25) is 0 Å². The van der Waals surface area contributed by atoms with Gasteiger partial charge in [-0.1, -0.05) is 129 Å². The molecule has 0 unspecified atom stereocenters. The molecule has 3 heteroatoms. The van der Waals surface area contributed by atoms with Crippen molar-refractivity contribution < 1.29 is 0 Å². The Morgan fingerprint density at radius 3 is 1.03 bits per heavy atom. The highest BCUT2D eigenvalue weighted by molar-refractivity contribution is 9.10. The van der Waals surface area contributed by atoms with Crippen LogP contribution >= 0.6 is 15.9 Å². The van der Waals surface area contributed by atoms with Crippen LogP contribution in [0, 0.1) is 0 Å². The first-order chi connectivity index (χ1) is 15.1. The van der Waals surface area contributed by atoms with Gasteiger partial charge in [-0.25, -0.2) is 0 Å². The molecule has 0 saturated heterocycles. The van der Waals surface area contributed by atoms with E-state index in [0.29, 0.717) is 0 Å². The van der Waals surface area contributed by atoms with Gasteiger partial charge < -0.3 is 9.80 Å². The lowest BCUT2D eigenvalue weighted by atomic mass is 10.1. The summed E-state index contributed by atoms with van der Waals surface area (Å²) < 4.78 is -0.0223. The first kappa shape index (κ1) is 28.9. The third kappa shape index (κ3) is 13.9. The first-order valence-electron chi connectivity index (χ1n) is 14.0. The Balaban J connectivity index is 1.99. The number of nitrogens with zero attached hydrogens (tertiary/aromatic N) is 2. The fourth-order valence-electron chi connectivity index (χ4n) is 4.69. The number of unbranched alkanes of at least 4 members (excludes halogenated alkanes) is 18. The van der Waals surface area contributed by atoms with E-state index in [1.54, 1.807) is 0 Å². The van der Waals surface area contributed by atoms with E-state index in [1.807, 2.05) is 0 Å². The highest BCUT2D eigenvalue weighted by Gasteiger charge is 2.35. The summed E-state index contributed by atoms with van der Waals surface area (Å²) >= 11 is 4.01. The zero-order valence-electron chi connectivity index (χ0n) is 21.5. The van der Waals surface area contributed by atoms with Crippen molar-refractivity contribution in [2.24, 2.45) is 0 Å². The summed E-state index contributed by atoms with van der Waals surface area (Å²) in [5.74, 6) is 0. The summed E-state index contributed by atoms with van der Waals surface area (Å²) in [5.41, 5.74) is 0. The number of alkyl halides is 1. The third-order valence-corrected chi connectivity index (χ3v) is 7.89. The molecular weight excluding hydrogens is 444 g/mol. The van der Waals surface area contributed by atoms with Crippen LogP contribution in [0.5, 0.6) is 0 Å². The summed E-state index contributed by atoms with van der Waals surface area (Å²) in [6.07, 6.45) is 32.8. The van der Waals surface area contributed by atoms with Crippen LogP contribution in [-0.2, 0) is 0 Å². The summed E-state index contributed by atoms with van der Waals surface area (Å²) in [4.78, 5) is 4.99. The van der Waals surface area contributed by atoms with Crippen LogP contribution in [0.4, 0.5) is 0 Å². The fourth-order valence-corrected chi connectivity index (χ4v) is 5.29. The molecule has 1 aliphatic rings. The Morgan fingerprint density at radius 1 is 0.484 bits per heavy atom. The lowest BCUT2D eigenvalue weighted by Crippen LogP contribution is -2.46. The van der Waals surface area contributed by atoms with Gasteiger partial charge in [0.2, 0.25) is 0 Å². The molecule has 0 radical (unpaired) electrons. The largest absolute Gasteiger partial charge is 0.345 e. The molecule has 0 aromatic carbocycles. The average Bonchev–Trinajstić information content (AvgIpc) is 3.04. The van der Waals surface area contributed by atoms with E-state index in [0.717, 1.165) is 0 Å². The van der Waals surface area contributed by atoms with Gasteiger partial charge in [0.25, 0.3) is 0 Å². The molecule has 2 nitrogen and oxygen atoms in total. The van der Waals surface area contributed by atoms with Gasteiger partial charge in [-0.2, -0.15) is 0 Å². The molecule has 0 amide bonds. The standard InChI is InChI=1S/C28H55BrN2/c1-4-6-8-10-12-14-16-18-20-22-24-30-26-27-31(28(30,3)29)25-23-21-19-17-15-13-11-9-7-5-2/h26-27H,4-25H2,1-3H3. The second-order valence-corrected chi connectivity index (χ2v) is 11.5. The van der Waals surface area contributed by atoms with Crippen molar-refractivity contribution in [1.82, 2.24) is 9.80 Å².